The van der Waals surface area contributed by atoms with Crippen LogP contribution in [0, 0.1) is 0 Å². The molecule has 1 saturated carbocycles. The monoisotopic (exact) mass is 334 g/mol. The van der Waals surface area contributed by atoms with Crippen molar-refractivity contribution in [2.45, 2.75) is 26.2 Å². The molecule has 114 valence electrons. The topological polar surface area (TPSA) is 0 Å². The highest BCUT2D eigenvalue weighted by atomic mass is 32.2. The first-order chi connectivity index (χ1) is 11.4. The summed E-state index contributed by atoms with van der Waals surface area (Å²) < 4.78 is 0.212. The Kier molecular flexibility index (Phi) is 4.19. The highest BCUT2D eigenvalue weighted by molar-refractivity contribution is 8.18. The minimum absolute atomic E-state index is 0.212. The first kappa shape index (κ1) is 14.9. The minimum atomic E-state index is 0.212. The van der Waals surface area contributed by atoms with Gasteiger partial charge in [-0.25, -0.2) is 0 Å². The minimum Gasteiger partial charge on any atom is -0.107 e. The molecule has 1 atom stereocenters. The van der Waals surface area contributed by atoms with Crippen molar-refractivity contribution in [3.63, 3.8) is 0 Å². The smallest absolute Gasteiger partial charge is 0.0780 e. The zero-order valence-electron chi connectivity index (χ0n) is 12.8. The molecular weight excluding hydrogens is 316 g/mol. The molecular formula is C21H18S2. The van der Waals surface area contributed by atoms with Gasteiger partial charge < -0.3 is 0 Å². The first-order valence-corrected chi connectivity index (χ1v) is 9.52. The van der Waals surface area contributed by atoms with Gasteiger partial charge in [-0.15, -0.1) is 23.5 Å². The van der Waals surface area contributed by atoms with E-state index in [0.29, 0.717) is 5.92 Å². The Hall–Kier alpha value is -1.64. The van der Waals surface area contributed by atoms with E-state index in [1.807, 2.05) is 23.5 Å². The molecule has 0 spiro atoms. The highest BCUT2D eigenvalue weighted by Crippen LogP contribution is 2.69. The van der Waals surface area contributed by atoms with E-state index in [4.69, 9.17) is 0 Å². The number of thioether (sulfide) groups is 2. The maximum atomic E-state index is 2.27. The van der Waals surface area contributed by atoms with Crippen LogP contribution < -0.4 is 0 Å². The van der Waals surface area contributed by atoms with E-state index in [0.717, 1.165) is 0 Å². The van der Waals surface area contributed by atoms with E-state index in [2.05, 4.69) is 91.0 Å². The number of rotatable bonds is 5. The Morgan fingerprint density at radius 1 is 0.609 bits per heavy atom. The summed E-state index contributed by atoms with van der Waals surface area (Å²) in [6.07, 6.45) is 1.22. The van der Waals surface area contributed by atoms with Crippen molar-refractivity contribution in [3.8, 4) is 0 Å². The molecule has 0 radical (unpaired) electrons. The van der Waals surface area contributed by atoms with Crippen molar-refractivity contribution in [2.24, 2.45) is 0 Å². The van der Waals surface area contributed by atoms with E-state index >= 15 is 0 Å². The SMILES string of the molecule is c1ccc(SC2(Sc3ccccc3)CC2c2ccccc2)cc1. The molecule has 0 nitrogen and oxygen atoms in total. The lowest BCUT2D eigenvalue weighted by atomic mass is 10.1. The van der Waals surface area contributed by atoms with E-state index in [1.54, 1.807) is 0 Å². The Labute approximate surface area is 146 Å². The first-order valence-electron chi connectivity index (χ1n) is 7.89. The fourth-order valence-electron chi connectivity index (χ4n) is 2.91. The second-order valence-corrected chi connectivity index (χ2v) is 8.88. The lowest BCUT2D eigenvalue weighted by Crippen LogP contribution is -2.00. The largest absolute Gasteiger partial charge is 0.107 e. The van der Waals surface area contributed by atoms with Crippen LogP contribution in [0.4, 0.5) is 0 Å². The Balaban J connectivity index is 1.62. The summed E-state index contributed by atoms with van der Waals surface area (Å²) >= 11 is 4.04. The average Bonchev–Trinajstić information content (AvgIpc) is 3.31. The van der Waals surface area contributed by atoms with Crippen molar-refractivity contribution in [1.82, 2.24) is 0 Å². The van der Waals surface area contributed by atoms with Gasteiger partial charge >= 0.3 is 0 Å². The van der Waals surface area contributed by atoms with Crippen molar-refractivity contribution < 1.29 is 0 Å². The third-order valence-electron chi connectivity index (χ3n) is 4.13. The molecule has 1 aliphatic rings. The standard InChI is InChI=1S/C21H18S2/c1-4-10-17(11-5-1)20-16-21(20,22-18-12-6-2-7-13-18)23-19-14-8-3-9-15-19/h1-15,20H,16H2. The highest BCUT2D eigenvalue weighted by Gasteiger charge is 2.56. The summed E-state index contributed by atoms with van der Waals surface area (Å²) in [7, 11) is 0. The van der Waals surface area contributed by atoms with E-state index < -0.39 is 0 Å². The molecule has 23 heavy (non-hydrogen) atoms. The fraction of sp³-hybridized carbons (Fsp3) is 0.143. The lowest BCUT2D eigenvalue weighted by Gasteiger charge is -2.17. The molecule has 0 saturated heterocycles. The number of hydrogen-bond acceptors (Lipinski definition) is 2. The van der Waals surface area contributed by atoms with Crippen molar-refractivity contribution in [2.75, 3.05) is 0 Å². The van der Waals surface area contributed by atoms with Crippen LogP contribution in [0.25, 0.3) is 0 Å². The summed E-state index contributed by atoms with van der Waals surface area (Å²) in [5.74, 6) is 0.610. The van der Waals surface area contributed by atoms with Crippen LogP contribution in [0.1, 0.15) is 17.9 Å². The summed E-state index contributed by atoms with van der Waals surface area (Å²) in [6.45, 7) is 0. The van der Waals surface area contributed by atoms with Gasteiger partial charge in [0.15, 0.2) is 0 Å². The summed E-state index contributed by atoms with van der Waals surface area (Å²) in [4.78, 5) is 2.71. The van der Waals surface area contributed by atoms with Crippen LogP contribution in [0.3, 0.4) is 0 Å². The molecule has 0 amide bonds. The van der Waals surface area contributed by atoms with Gasteiger partial charge in [0.1, 0.15) is 0 Å². The van der Waals surface area contributed by atoms with Gasteiger partial charge in [-0.3, -0.25) is 0 Å². The molecule has 1 fully saturated rings. The molecule has 0 aromatic heterocycles. The molecule has 0 aliphatic heterocycles. The van der Waals surface area contributed by atoms with Crippen LogP contribution >= 0.6 is 23.5 Å². The van der Waals surface area contributed by atoms with Gasteiger partial charge in [-0.1, -0.05) is 66.7 Å². The number of benzene rings is 3. The van der Waals surface area contributed by atoms with Crippen LogP contribution in [0.15, 0.2) is 101 Å². The molecule has 0 bridgehead atoms. The van der Waals surface area contributed by atoms with E-state index in [9.17, 15) is 0 Å². The lowest BCUT2D eigenvalue weighted by molar-refractivity contribution is 1.11. The molecule has 4 rings (SSSR count). The van der Waals surface area contributed by atoms with E-state index in [1.165, 1.54) is 21.8 Å². The van der Waals surface area contributed by atoms with Crippen molar-refractivity contribution in [3.05, 3.63) is 96.6 Å². The molecule has 1 unspecified atom stereocenters. The third-order valence-corrected chi connectivity index (χ3v) is 7.24. The van der Waals surface area contributed by atoms with Gasteiger partial charge in [-0.2, -0.15) is 0 Å². The average molecular weight is 335 g/mol. The van der Waals surface area contributed by atoms with Crippen LogP contribution in [-0.4, -0.2) is 4.08 Å². The van der Waals surface area contributed by atoms with E-state index in [-0.39, 0.29) is 4.08 Å². The van der Waals surface area contributed by atoms with Gasteiger partial charge in [0.2, 0.25) is 0 Å². The second kappa shape index (κ2) is 6.46. The van der Waals surface area contributed by atoms with Crippen LogP contribution in [0.2, 0.25) is 0 Å². The predicted molar refractivity (Wildman–Crippen MR) is 101 cm³/mol. The van der Waals surface area contributed by atoms with Crippen molar-refractivity contribution in [1.29, 1.82) is 0 Å². The van der Waals surface area contributed by atoms with Gasteiger partial charge in [0.05, 0.1) is 4.08 Å². The quantitative estimate of drug-likeness (QED) is 0.491. The second-order valence-electron chi connectivity index (χ2n) is 5.81. The molecule has 1 aliphatic carbocycles. The van der Waals surface area contributed by atoms with Crippen LogP contribution in [0.5, 0.6) is 0 Å². The zero-order chi connectivity index (χ0) is 15.5. The molecule has 0 N–H and O–H groups in total. The Bertz CT molecular complexity index is 712. The molecule has 0 heterocycles. The maximum Gasteiger partial charge on any atom is 0.0780 e. The summed E-state index contributed by atoms with van der Waals surface area (Å²) in [6, 6.07) is 32.5. The summed E-state index contributed by atoms with van der Waals surface area (Å²) in [5.41, 5.74) is 1.46. The van der Waals surface area contributed by atoms with Gasteiger partial charge in [-0.05, 0) is 36.2 Å². The Morgan fingerprint density at radius 2 is 1.04 bits per heavy atom. The van der Waals surface area contributed by atoms with Crippen LogP contribution in [-0.2, 0) is 0 Å². The Morgan fingerprint density at radius 3 is 1.52 bits per heavy atom. The third kappa shape index (κ3) is 3.34. The molecule has 3 aromatic carbocycles. The normalized spacial score (nSPS) is 18.5. The molecule has 2 heteroatoms. The molecule has 3 aromatic rings. The van der Waals surface area contributed by atoms with Gasteiger partial charge in [0, 0.05) is 15.7 Å². The predicted octanol–water partition coefficient (Wildman–Crippen LogP) is 6.45. The maximum absolute atomic E-state index is 2.27. The van der Waals surface area contributed by atoms with Crippen molar-refractivity contribution >= 4 is 23.5 Å². The van der Waals surface area contributed by atoms with Gasteiger partial charge in [0.25, 0.3) is 0 Å². The fourth-order valence-corrected chi connectivity index (χ4v) is 6.09. The zero-order valence-corrected chi connectivity index (χ0v) is 14.4. The number of hydrogen-bond donors (Lipinski definition) is 0. The summed E-state index contributed by atoms with van der Waals surface area (Å²) in [5, 5.41) is 0.